The van der Waals surface area contributed by atoms with Crippen LogP contribution in [0.15, 0.2) is 40.4 Å². The first-order valence-corrected chi connectivity index (χ1v) is 8.32. The number of carbonyl (C=O) groups excluding carboxylic acids is 3. The van der Waals surface area contributed by atoms with E-state index in [-0.39, 0.29) is 29.5 Å². The molecule has 0 spiro atoms. The van der Waals surface area contributed by atoms with E-state index < -0.39 is 17.9 Å². The van der Waals surface area contributed by atoms with Crippen LogP contribution >= 0.6 is 0 Å². The zero-order valence-electron chi connectivity index (χ0n) is 15.6. The van der Waals surface area contributed by atoms with E-state index in [2.05, 4.69) is 10.1 Å². The number of esters is 1. The van der Waals surface area contributed by atoms with Crippen LogP contribution < -0.4 is 10.2 Å². The van der Waals surface area contributed by atoms with Crippen LogP contribution in [-0.4, -0.2) is 49.1 Å². The molecule has 1 aromatic heterocycles. The van der Waals surface area contributed by atoms with Crippen molar-refractivity contribution in [3.8, 4) is 5.75 Å². The number of hydrogen-bond donors (Lipinski definition) is 2. The van der Waals surface area contributed by atoms with Gasteiger partial charge >= 0.3 is 12.0 Å². The van der Waals surface area contributed by atoms with Gasteiger partial charge in [-0.3, -0.25) is 9.69 Å². The molecule has 9 heteroatoms. The molecule has 28 heavy (non-hydrogen) atoms. The van der Waals surface area contributed by atoms with Crippen molar-refractivity contribution in [1.82, 2.24) is 10.2 Å². The van der Waals surface area contributed by atoms with Crippen molar-refractivity contribution >= 4 is 29.7 Å². The Morgan fingerprint density at radius 1 is 1.29 bits per heavy atom. The van der Waals surface area contributed by atoms with Gasteiger partial charge in [-0.05, 0) is 30.3 Å². The van der Waals surface area contributed by atoms with Crippen molar-refractivity contribution in [2.75, 3.05) is 26.1 Å². The van der Waals surface area contributed by atoms with Gasteiger partial charge in [-0.1, -0.05) is 0 Å². The van der Waals surface area contributed by atoms with Gasteiger partial charge in [0.15, 0.2) is 0 Å². The number of ether oxygens (including phenoxy) is 1. The van der Waals surface area contributed by atoms with Crippen molar-refractivity contribution in [1.29, 1.82) is 0 Å². The molecule has 2 N–H and O–H groups in total. The summed E-state index contributed by atoms with van der Waals surface area (Å²) in [6, 6.07) is 7.25. The molecule has 0 radical (unpaired) electrons. The van der Waals surface area contributed by atoms with Gasteiger partial charge in [0, 0.05) is 31.4 Å². The fraction of sp³-hybridized carbons (Fsp3) is 0.211. The molecule has 9 nitrogen and oxygen atoms in total. The number of rotatable bonds is 5. The molecule has 1 aliphatic heterocycles. The van der Waals surface area contributed by atoms with Gasteiger partial charge in [-0.25, -0.2) is 9.59 Å². The molecular formula is C19H19N3O6. The lowest BCUT2D eigenvalue weighted by Crippen LogP contribution is -2.30. The van der Waals surface area contributed by atoms with Crippen LogP contribution in [0, 0.1) is 0 Å². The van der Waals surface area contributed by atoms with Gasteiger partial charge in [0.05, 0.1) is 13.7 Å². The van der Waals surface area contributed by atoms with E-state index in [1.807, 2.05) is 19.0 Å². The van der Waals surface area contributed by atoms with Crippen molar-refractivity contribution in [2.24, 2.45) is 0 Å². The fourth-order valence-corrected chi connectivity index (χ4v) is 2.63. The fourth-order valence-electron chi connectivity index (χ4n) is 2.63. The van der Waals surface area contributed by atoms with Gasteiger partial charge in [0.25, 0.3) is 5.91 Å². The Bertz CT molecular complexity index is 976. The smallest absolute Gasteiger partial charge is 0.373 e. The van der Waals surface area contributed by atoms with Gasteiger partial charge < -0.3 is 24.5 Å². The Kier molecular flexibility index (Phi) is 5.08. The number of nitrogens with one attached hydrogen (secondary N) is 1. The van der Waals surface area contributed by atoms with Crippen molar-refractivity contribution in [2.45, 2.75) is 6.54 Å². The second kappa shape index (κ2) is 7.47. The molecule has 1 aliphatic rings. The minimum atomic E-state index is -0.652. The molecule has 1 fully saturated rings. The third-order valence-corrected chi connectivity index (χ3v) is 4.15. The number of anilines is 1. The minimum absolute atomic E-state index is 0.0204. The Hall–Kier alpha value is -3.75. The molecule has 1 saturated heterocycles. The normalized spacial score (nSPS) is 15.1. The lowest BCUT2D eigenvalue weighted by molar-refractivity contribution is -0.123. The monoisotopic (exact) mass is 385 g/mol. The van der Waals surface area contributed by atoms with E-state index in [0.717, 1.165) is 10.6 Å². The van der Waals surface area contributed by atoms with Gasteiger partial charge in [0.1, 0.15) is 17.2 Å². The SMILES string of the molecule is COC(=O)c1ccc(CN2C(=O)N/C(=C\c3ccc(N(C)C)cc3O)C2=O)o1. The van der Waals surface area contributed by atoms with E-state index in [0.29, 0.717) is 5.56 Å². The molecule has 2 aromatic rings. The van der Waals surface area contributed by atoms with Crippen LogP contribution in [-0.2, 0) is 16.1 Å². The minimum Gasteiger partial charge on any atom is -0.507 e. The van der Waals surface area contributed by atoms with Crippen LogP contribution in [0.2, 0.25) is 0 Å². The van der Waals surface area contributed by atoms with Crippen LogP contribution in [0.3, 0.4) is 0 Å². The number of nitrogens with zero attached hydrogens (tertiary/aromatic N) is 2. The topological polar surface area (TPSA) is 112 Å². The summed E-state index contributed by atoms with van der Waals surface area (Å²) >= 11 is 0. The summed E-state index contributed by atoms with van der Waals surface area (Å²) in [7, 11) is 4.90. The Balaban J connectivity index is 1.79. The van der Waals surface area contributed by atoms with Gasteiger partial charge in [0.2, 0.25) is 5.76 Å². The Morgan fingerprint density at radius 2 is 2.04 bits per heavy atom. The highest BCUT2D eigenvalue weighted by Gasteiger charge is 2.34. The first kappa shape index (κ1) is 19.0. The number of urea groups is 1. The molecule has 0 aliphatic carbocycles. The average molecular weight is 385 g/mol. The van der Waals surface area contributed by atoms with E-state index in [1.54, 1.807) is 18.2 Å². The number of amides is 3. The van der Waals surface area contributed by atoms with Gasteiger partial charge in [-0.15, -0.1) is 0 Å². The molecule has 0 saturated carbocycles. The highest BCUT2D eigenvalue weighted by molar-refractivity contribution is 6.14. The zero-order valence-corrected chi connectivity index (χ0v) is 15.6. The van der Waals surface area contributed by atoms with Crippen LogP contribution in [0.1, 0.15) is 21.9 Å². The second-order valence-corrected chi connectivity index (χ2v) is 6.27. The van der Waals surface area contributed by atoms with Crippen molar-refractivity contribution in [3.63, 3.8) is 0 Å². The molecule has 0 unspecified atom stereocenters. The Labute approximate surface area is 160 Å². The third-order valence-electron chi connectivity index (χ3n) is 4.15. The number of benzene rings is 1. The summed E-state index contributed by atoms with van der Waals surface area (Å²) < 4.78 is 9.84. The maximum Gasteiger partial charge on any atom is 0.373 e. The van der Waals surface area contributed by atoms with E-state index in [1.165, 1.54) is 25.3 Å². The maximum atomic E-state index is 12.6. The average Bonchev–Trinajstić information content (AvgIpc) is 3.23. The summed E-state index contributed by atoms with van der Waals surface area (Å²) in [5, 5.41) is 12.6. The number of hydrogen-bond acceptors (Lipinski definition) is 7. The number of phenolic OH excluding ortho intramolecular Hbond substituents is 1. The van der Waals surface area contributed by atoms with E-state index >= 15 is 0 Å². The van der Waals surface area contributed by atoms with Crippen LogP contribution in [0.5, 0.6) is 5.75 Å². The highest BCUT2D eigenvalue weighted by Crippen LogP contribution is 2.27. The quantitative estimate of drug-likeness (QED) is 0.459. The van der Waals surface area contributed by atoms with Gasteiger partial charge in [-0.2, -0.15) is 0 Å². The number of carbonyl (C=O) groups is 3. The second-order valence-electron chi connectivity index (χ2n) is 6.27. The number of aromatic hydroxyl groups is 1. The summed E-state index contributed by atoms with van der Waals surface area (Å²) in [6.45, 7) is -0.148. The molecule has 3 amide bonds. The summed E-state index contributed by atoms with van der Waals surface area (Å²) in [6.07, 6.45) is 1.40. The van der Waals surface area contributed by atoms with Crippen molar-refractivity contribution < 1.29 is 28.6 Å². The predicted molar refractivity (Wildman–Crippen MR) is 99.5 cm³/mol. The number of phenols is 1. The molecule has 1 aromatic carbocycles. The van der Waals surface area contributed by atoms with E-state index in [4.69, 9.17) is 4.42 Å². The molecular weight excluding hydrogens is 366 g/mol. The van der Waals surface area contributed by atoms with Crippen molar-refractivity contribution in [3.05, 3.63) is 53.1 Å². The molecule has 146 valence electrons. The summed E-state index contributed by atoms with van der Waals surface area (Å²) in [5.41, 5.74) is 1.21. The summed E-state index contributed by atoms with van der Waals surface area (Å²) in [4.78, 5) is 38.9. The largest absolute Gasteiger partial charge is 0.507 e. The zero-order chi connectivity index (χ0) is 20.4. The number of furan rings is 1. The summed E-state index contributed by atoms with van der Waals surface area (Å²) in [5.74, 6) is -1.01. The lowest BCUT2D eigenvalue weighted by Gasteiger charge is -2.13. The first-order valence-electron chi connectivity index (χ1n) is 8.32. The first-order chi connectivity index (χ1) is 13.3. The lowest BCUT2D eigenvalue weighted by atomic mass is 10.1. The van der Waals surface area contributed by atoms with Crippen LogP contribution in [0.25, 0.3) is 6.08 Å². The predicted octanol–water partition coefficient (Wildman–Crippen LogP) is 1.93. The maximum absolute atomic E-state index is 12.6. The number of methoxy groups -OCH3 is 1. The molecule has 2 heterocycles. The molecule has 3 rings (SSSR count). The Morgan fingerprint density at radius 3 is 2.68 bits per heavy atom. The third kappa shape index (κ3) is 3.68. The molecule has 0 atom stereocenters. The van der Waals surface area contributed by atoms with E-state index in [9.17, 15) is 19.5 Å². The highest BCUT2D eigenvalue weighted by atomic mass is 16.5. The van der Waals surface area contributed by atoms with Crippen LogP contribution in [0.4, 0.5) is 10.5 Å². The molecule has 0 bridgehead atoms. The number of imide groups is 1. The standard InChI is InChI=1S/C19H19N3O6/c1-21(2)12-5-4-11(15(23)9-12)8-14-17(24)22(19(26)20-14)10-13-6-7-16(28-13)18(25)27-3/h4-9,23H,10H2,1-3H3,(H,20,26)/b14-8-.